The summed E-state index contributed by atoms with van der Waals surface area (Å²) >= 11 is 0. The van der Waals surface area contributed by atoms with Crippen LogP contribution in [0.2, 0.25) is 0 Å². The number of rotatable bonds is 6. The van der Waals surface area contributed by atoms with Crippen molar-refractivity contribution >= 4 is 11.8 Å². The molecule has 6 nitrogen and oxygen atoms in total. The predicted octanol–water partition coefficient (Wildman–Crippen LogP) is 1.66. The van der Waals surface area contributed by atoms with Crippen LogP contribution in [-0.2, 0) is 29.6 Å². The smallest absolute Gasteiger partial charge is 0.224 e. The van der Waals surface area contributed by atoms with Gasteiger partial charge in [-0.05, 0) is 36.1 Å². The first-order chi connectivity index (χ1) is 12.5. The highest BCUT2D eigenvalue weighted by Crippen LogP contribution is 2.20. The molecule has 1 N–H and O–H groups in total. The number of benzene rings is 1. The minimum atomic E-state index is -0.323. The van der Waals surface area contributed by atoms with Gasteiger partial charge in [0, 0.05) is 39.3 Å². The maximum absolute atomic E-state index is 13.3. The molecule has 1 aromatic heterocycles. The molecule has 2 amide bonds. The second-order valence-electron chi connectivity index (χ2n) is 6.70. The number of aromatic nitrogens is 2. The van der Waals surface area contributed by atoms with Gasteiger partial charge in [0.1, 0.15) is 5.82 Å². The molecule has 1 aromatic carbocycles. The van der Waals surface area contributed by atoms with Crippen molar-refractivity contribution in [3.05, 3.63) is 53.6 Å². The highest BCUT2D eigenvalue weighted by molar-refractivity contribution is 5.83. The van der Waals surface area contributed by atoms with Crippen LogP contribution in [-0.4, -0.2) is 39.6 Å². The molecule has 2 aromatic rings. The number of carbonyl (C=O) groups is 2. The summed E-state index contributed by atoms with van der Waals surface area (Å²) in [6.45, 7) is 1.24. The van der Waals surface area contributed by atoms with E-state index in [0.29, 0.717) is 32.5 Å². The molecule has 0 spiro atoms. The van der Waals surface area contributed by atoms with Crippen molar-refractivity contribution in [1.82, 2.24) is 20.0 Å². The third kappa shape index (κ3) is 4.68. The minimum Gasteiger partial charge on any atom is -0.355 e. The summed E-state index contributed by atoms with van der Waals surface area (Å²) in [4.78, 5) is 26.2. The topological polar surface area (TPSA) is 67.2 Å². The molecular formula is C19H23FN4O2. The number of amides is 2. The van der Waals surface area contributed by atoms with Gasteiger partial charge in [0.15, 0.2) is 0 Å². The normalized spacial score (nSPS) is 17.4. The highest BCUT2D eigenvalue weighted by Gasteiger charge is 2.30. The Morgan fingerprint density at radius 2 is 2.23 bits per heavy atom. The van der Waals surface area contributed by atoms with Crippen molar-refractivity contribution in [3.8, 4) is 0 Å². The number of hydrogen-bond acceptors (Lipinski definition) is 3. The summed E-state index contributed by atoms with van der Waals surface area (Å²) < 4.78 is 15.1. The Labute approximate surface area is 152 Å². The number of halogens is 1. The zero-order valence-electron chi connectivity index (χ0n) is 14.8. The molecule has 0 bridgehead atoms. The Balaban J connectivity index is 1.51. The third-order valence-corrected chi connectivity index (χ3v) is 4.60. The zero-order chi connectivity index (χ0) is 18.5. The Kier molecular flexibility index (Phi) is 5.65. The van der Waals surface area contributed by atoms with Crippen molar-refractivity contribution in [2.24, 2.45) is 13.0 Å². The molecule has 26 heavy (non-hydrogen) atoms. The van der Waals surface area contributed by atoms with Crippen molar-refractivity contribution in [2.75, 3.05) is 13.1 Å². The van der Waals surface area contributed by atoms with Crippen molar-refractivity contribution in [1.29, 1.82) is 0 Å². The van der Waals surface area contributed by atoms with Crippen LogP contribution in [0.4, 0.5) is 4.39 Å². The van der Waals surface area contributed by atoms with Gasteiger partial charge in [-0.15, -0.1) is 0 Å². The molecule has 138 valence electrons. The quantitative estimate of drug-likeness (QED) is 0.854. The summed E-state index contributed by atoms with van der Waals surface area (Å²) in [7, 11) is 1.86. The molecule has 2 heterocycles. The van der Waals surface area contributed by atoms with E-state index < -0.39 is 0 Å². The molecule has 1 saturated heterocycles. The second kappa shape index (κ2) is 8.12. The van der Waals surface area contributed by atoms with E-state index in [9.17, 15) is 14.0 Å². The van der Waals surface area contributed by atoms with E-state index in [1.807, 2.05) is 13.2 Å². The van der Waals surface area contributed by atoms with E-state index in [-0.39, 0.29) is 23.5 Å². The van der Waals surface area contributed by atoms with Crippen LogP contribution in [0.3, 0.4) is 0 Å². The first-order valence-electron chi connectivity index (χ1n) is 8.79. The summed E-state index contributed by atoms with van der Waals surface area (Å²) in [5.41, 5.74) is 1.80. The fourth-order valence-electron chi connectivity index (χ4n) is 3.21. The molecule has 7 heteroatoms. The van der Waals surface area contributed by atoms with Gasteiger partial charge >= 0.3 is 0 Å². The summed E-state index contributed by atoms with van der Waals surface area (Å²) in [5, 5.41) is 7.05. The van der Waals surface area contributed by atoms with Gasteiger partial charge in [0.25, 0.3) is 0 Å². The van der Waals surface area contributed by atoms with Gasteiger partial charge in [-0.3, -0.25) is 14.3 Å². The Bertz CT molecular complexity index is 789. The number of nitrogens with zero attached hydrogens (tertiary/aromatic N) is 3. The summed E-state index contributed by atoms with van der Waals surface area (Å²) in [6.07, 6.45) is 5.32. The lowest BCUT2D eigenvalue weighted by Crippen LogP contribution is -2.45. The molecule has 0 radical (unpaired) electrons. The molecule has 1 aliphatic rings. The Morgan fingerprint density at radius 1 is 1.38 bits per heavy atom. The fraction of sp³-hybridized carbons (Fsp3) is 0.421. The van der Waals surface area contributed by atoms with Gasteiger partial charge in [-0.2, -0.15) is 5.10 Å². The molecule has 1 unspecified atom stereocenters. The largest absolute Gasteiger partial charge is 0.355 e. The monoisotopic (exact) mass is 358 g/mol. The van der Waals surface area contributed by atoms with Crippen LogP contribution in [0.15, 0.2) is 36.7 Å². The van der Waals surface area contributed by atoms with Crippen molar-refractivity contribution < 1.29 is 14.0 Å². The van der Waals surface area contributed by atoms with Gasteiger partial charge in [-0.25, -0.2) is 4.39 Å². The predicted molar refractivity (Wildman–Crippen MR) is 94.5 cm³/mol. The Morgan fingerprint density at radius 3 is 2.96 bits per heavy atom. The van der Waals surface area contributed by atoms with Gasteiger partial charge in [0.2, 0.25) is 11.8 Å². The maximum atomic E-state index is 13.3. The molecule has 0 saturated carbocycles. The van der Waals surface area contributed by atoms with Crippen molar-refractivity contribution in [3.63, 3.8) is 0 Å². The minimum absolute atomic E-state index is 0.00803. The van der Waals surface area contributed by atoms with Crippen LogP contribution in [0.5, 0.6) is 0 Å². The van der Waals surface area contributed by atoms with E-state index in [1.54, 1.807) is 27.9 Å². The lowest BCUT2D eigenvalue weighted by Gasteiger charge is -2.32. The maximum Gasteiger partial charge on any atom is 0.224 e. The molecular weight excluding hydrogens is 335 g/mol. The zero-order valence-corrected chi connectivity index (χ0v) is 14.8. The number of carbonyl (C=O) groups excluding carboxylic acids is 2. The second-order valence-corrected chi connectivity index (χ2v) is 6.70. The lowest BCUT2D eigenvalue weighted by atomic mass is 9.96. The van der Waals surface area contributed by atoms with E-state index in [1.165, 1.54) is 12.1 Å². The van der Waals surface area contributed by atoms with Gasteiger partial charge in [-0.1, -0.05) is 12.1 Å². The van der Waals surface area contributed by atoms with E-state index in [0.717, 1.165) is 17.5 Å². The molecule has 1 fully saturated rings. The van der Waals surface area contributed by atoms with Crippen LogP contribution in [0.25, 0.3) is 0 Å². The number of piperidine rings is 1. The van der Waals surface area contributed by atoms with Crippen LogP contribution in [0, 0.1) is 11.7 Å². The number of nitrogens with one attached hydrogen (secondary N) is 1. The van der Waals surface area contributed by atoms with E-state index >= 15 is 0 Å². The average Bonchev–Trinajstić information content (AvgIpc) is 3.02. The van der Waals surface area contributed by atoms with Crippen LogP contribution in [0.1, 0.15) is 24.0 Å². The Hall–Kier alpha value is -2.70. The summed E-state index contributed by atoms with van der Waals surface area (Å²) in [5.74, 6) is -0.578. The average molecular weight is 358 g/mol. The lowest BCUT2D eigenvalue weighted by molar-refractivity contribution is -0.138. The molecule has 3 rings (SSSR count). The molecule has 0 aliphatic carbocycles. The van der Waals surface area contributed by atoms with Gasteiger partial charge < -0.3 is 10.2 Å². The first kappa shape index (κ1) is 18.1. The van der Waals surface area contributed by atoms with Crippen LogP contribution >= 0.6 is 0 Å². The molecule has 1 atom stereocenters. The number of likely N-dealkylation sites (tertiary alicyclic amines) is 1. The standard InChI is InChI=1S/C19H23FN4O2/c1-23-11-15(10-22-23)7-8-21-19(26)16-5-6-18(25)24(13-16)12-14-3-2-4-17(20)9-14/h2-4,9-11,16H,5-8,12-13H2,1H3,(H,21,26). The highest BCUT2D eigenvalue weighted by atomic mass is 19.1. The van der Waals surface area contributed by atoms with Crippen molar-refractivity contribution in [2.45, 2.75) is 25.8 Å². The van der Waals surface area contributed by atoms with Crippen LogP contribution < -0.4 is 5.32 Å². The number of aryl methyl sites for hydroxylation is 1. The van der Waals surface area contributed by atoms with Gasteiger partial charge in [0.05, 0.1) is 12.1 Å². The van der Waals surface area contributed by atoms with E-state index in [2.05, 4.69) is 10.4 Å². The van der Waals surface area contributed by atoms with E-state index in [4.69, 9.17) is 0 Å². The fourth-order valence-corrected chi connectivity index (χ4v) is 3.21. The number of hydrogen-bond donors (Lipinski definition) is 1. The summed E-state index contributed by atoms with van der Waals surface area (Å²) in [6, 6.07) is 6.21. The first-order valence-corrected chi connectivity index (χ1v) is 8.79. The molecule has 1 aliphatic heterocycles. The SMILES string of the molecule is Cn1cc(CCNC(=O)C2CCC(=O)N(Cc3cccc(F)c3)C2)cn1. The third-order valence-electron chi connectivity index (χ3n) is 4.60.